The van der Waals surface area contributed by atoms with Gasteiger partial charge < -0.3 is 4.90 Å². The summed E-state index contributed by atoms with van der Waals surface area (Å²) in [6.45, 7) is 1.96. The Morgan fingerprint density at radius 3 is 3.07 bits per heavy atom. The number of hydrogen-bond acceptors (Lipinski definition) is 2. The minimum atomic E-state index is 0.619. The van der Waals surface area contributed by atoms with E-state index in [2.05, 4.69) is 35.2 Å². The largest absolute Gasteiger partial charge is 0.370 e. The van der Waals surface area contributed by atoms with E-state index in [0.717, 1.165) is 13.1 Å². The highest BCUT2D eigenvalue weighted by atomic mass is 15.1. The van der Waals surface area contributed by atoms with Crippen LogP contribution in [0, 0.1) is 11.3 Å². The van der Waals surface area contributed by atoms with Crippen LogP contribution in [-0.4, -0.2) is 13.1 Å². The van der Waals surface area contributed by atoms with E-state index in [1.54, 1.807) is 0 Å². The topological polar surface area (TPSA) is 27.0 Å². The van der Waals surface area contributed by atoms with Crippen LogP contribution in [0.25, 0.3) is 0 Å². The molecule has 1 aromatic carbocycles. The van der Waals surface area contributed by atoms with E-state index < -0.39 is 0 Å². The molecule has 0 radical (unpaired) electrons. The molecule has 1 aliphatic heterocycles. The normalized spacial score (nSPS) is 14.6. The summed E-state index contributed by atoms with van der Waals surface area (Å²) in [7, 11) is 0. The van der Waals surface area contributed by atoms with Crippen LogP contribution in [0.1, 0.15) is 18.4 Å². The van der Waals surface area contributed by atoms with E-state index in [4.69, 9.17) is 5.26 Å². The number of benzene rings is 1. The molecule has 0 saturated carbocycles. The van der Waals surface area contributed by atoms with Crippen molar-refractivity contribution in [3.8, 4) is 6.07 Å². The third kappa shape index (κ3) is 1.72. The lowest BCUT2D eigenvalue weighted by Crippen LogP contribution is -2.29. The maximum Gasteiger partial charge on any atom is 0.0640 e. The van der Waals surface area contributed by atoms with Gasteiger partial charge in [-0.1, -0.05) is 18.2 Å². The molecule has 0 fully saturated rings. The number of nitriles is 1. The van der Waals surface area contributed by atoms with E-state index in [1.807, 2.05) is 0 Å². The number of fused-ring (bicyclic) bond motifs is 1. The predicted molar refractivity (Wildman–Crippen MR) is 57.2 cm³/mol. The summed E-state index contributed by atoms with van der Waals surface area (Å²) in [5, 5.41) is 8.57. The van der Waals surface area contributed by atoms with Crippen LogP contribution in [0.2, 0.25) is 0 Å². The standard InChI is InChI=1S/C12H14N2/c13-8-4-10-14-9-3-6-11-5-1-2-7-12(11)14/h1-2,5,7H,3-4,6,9-10H2. The lowest BCUT2D eigenvalue weighted by atomic mass is 10.0. The van der Waals surface area contributed by atoms with Gasteiger partial charge in [-0.3, -0.25) is 0 Å². The minimum absolute atomic E-state index is 0.619. The zero-order valence-corrected chi connectivity index (χ0v) is 8.24. The van der Waals surface area contributed by atoms with Crippen molar-refractivity contribution < 1.29 is 0 Å². The molecule has 0 bridgehead atoms. The molecule has 1 aromatic rings. The lowest BCUT2D eigenvalue weighted by molar-refractivity contribution is 0.694. The second-order valence-corrected chi connectivity index (χ2v) is 3.63. The number of nitrogens with zero attached hydrogens (tertiary/aromatic N) is 2. The first-order valence-electron chi connectivity index (χ1n) is 5.11. The summed E-state index contributed by atoms with van der Waals surface area (Å²) in [6.07, 6.45) is 3.01. The van der Waals surface area contributed by atoms with Crippen LogP contribution in [0.4, 0.5) is 5.69 Å². The molecule has 0 spiro atoms. The van der Waals surface area contributed by atoms with E-state index in [0.29, 0.717) is 6.42 Å². The molecule has 0 amide bonds. The zero-order valence-electron chi connectivity index (χ0n) is 8.24. The Balaban J connectivity index is 2.18. The molecule has 0 unspecified atom stereocenters. The van der Waals surface area contributed by atoms with E-state index >= 15 is 0 Å². The van der Waals surface area contributed by atoms with Crippen LogP contribution >= 0.6 is 0 Å². The molecule has 0 N–H and O–H groups in total. The van der Waals surface area contributed by atoms with Crippen molar-refractivity contribution in [2.24, 2.45) is 0 Å². The second-order valence-electron chi connectivity index (χ2n) is 3.63. The second kappa shape index (κ2) is 4.15. The maximum atomic E-state index is 8.57. The van der Waals surface area contributed by atoms with Gasteiger partial charge in [-0.05, 0) is 24.5 Å². The van der Waals surface area contributed by atoms with E-state index in [-0.39, 0.29) is 0 Å². The highest BCUT2D eigenvalue weighted by Crippen LogP contribution is 2.26. The molecular formula is C12H14N2. The molecule has 2 rings (SSSR count). The molecule has 0 atom stereocenters. The van der Waals surface area contributed by atoms with Crippen LogP contribution in [-0.2, 0) is 6.42 Å². The fourth-order valence-electron chi connectivity index (χ4n) is 2.03. The quantitative estimate of drug-likeness (QED) is 0.709. The molecule has 0 aliphatic carbocycles. The smallest absolute Gasteiger partial charge is 0.0640 e. The fraction of sp³-hybridized carbons (Fsp3) is 0.417. The van der Waals surface area contributed by atoms with Gasteiger partial charge in [0.25, 0.3) is 0 Å². The summed E-state index contributed by atoms with van der Waals surface area (Å²) in [5.41, 5.74) is 2.76. The zero-order chi connectivity index (χ0) is 9.80. The number of para-hydroxylation sites is 1. The average molecular weight is 186 g/mol. The van der Waals surface area contributed by atoms with Gasteiger partial charge in [0.1, 0.15) is 0 Å². The Morgan fingerprint density at radius 1 is 1.36 bits per heavy atom. The molecular weight excluding hydrogens is 172 g/mol. The monoisotopic (exact) mass is 186 g/mol. The van der Waals surface area contributed by atoms with Gasteiger partial charge in [0.2, 0.25) is 0 Å². The molecule has 14 heavy (non-hydrogen) atoms. The molecule has 2 nitrogen and oxygen atoms in total. The van der Waals surface area contributed by atoms with Crippen molar-refractivity contribution in [1.29, 1.82) is 5.26 Å². The van der Waals surface area contributed by atoms with E-state index in [9.17, 15) is 0 Å². The molecule has 1 aliphatic rings. The van der Waals surface area contributed by atoms with Gasteiger partial charge in [-0.15, -0.1) is 0 Å². The van der Waals surface area contributed by atoms with Crippen molar-refractivity contribution in [1.82, 2.24) is 0 Å². The summed E-state index contributed by atoms with van der Waals surface area (Å²) in [5.74, 6) is 0. The van der Waals surface area contributed by atoms with E-state index in [1.165, 1.54) is 24.1 Å². The highest BCUT2D eigenvalue weighted by molar-refractivity contribution is 5.55. The third-order valence-corrected chi connectivity index (χ3v) is 2.70. The average Bonchev–Trinajstić information content (AvgIpc) is 2.26. The summed E-state index contributed by atoms with van der Waals surface area (Å²) in [4.78, 5) is 2.32. The van der Waals surface area contributed by atoms with Crippen LogP contribution in [0.5, 0.6) is 0 Å². The SMILES string of the molecule is N#CCCN1CCCc2ccccc21. The molecule has 72 valence electrons. The Morgan fingerprint density at radius 2 is 2.21 bits per heavy atom. The van der Waals surface area contributed by atoms with Gasteiger partial charge in [-0.2, -0.15) is 5.26 Å². The predicted octanol–water partition coefficient (Wildman–Crippen LogP) is 2.35. The number of anilines is 1. The Labute approximate surface area is 84.8 Å². The lowest BCUT2D eigenvalue weighted by Gasteiger charge is -2.30. The van der Waals surface area contributed by atoms with Crippen molar-refractivity contribution in [3.05, 3.63) is 29.8 Å². The molecule has 0 saturated heterocycles. The summed E-state index contributed by atoms with van der Waals surface area (Å²) < 4.78 is 0. The fourth-order valence-corrected chi connectivity index (χ4v) is 2.03. The van der Waals surface area contributed by atoms with Crippen LogP contribution < -0.4 is 4.90 Å². The summed E-state index contributed by atoms with van der Waals surface area (Å²) in [6, 6.07) is 10.7. The van der Waals surface area contributed by atoms with Gasteiger partial charge in [0.05, 0.1) is 12.5 Å². The number of hydrogen-bond donors (Lipinski definition) is 0. The number of aryl methyl sites for hydroxylation is 1. The first-order chi connectivity index (χ1) is 6.92. The maximum absolute atomic E-state index is 8.57. The number of rotatable bonds is 2. The summed E-state index contributed by atoms with van der Waals surface area (Å²) >= 11 is 0. The van der Waals surface area contributed by atoms with Crippen LogP contribution in [0.15, 0.2) is 24.3 Å². The van der Waals surface area contributed by atoms with Gasteiger partial charge in [0.15, 0.2) is 0 Å². The molecule has 1 heterocycles. The minimum Gasteiger partial charge on any atom is -0.370 e. The molecule has 0 aromatic heterocycles. The van der Waals surface area contributed by atoms with Gasteiger partial charge >= 0.3 is 0 Å². The first-order valence-corrected chi connectivity index (χ1v) is 5.11. The van der Waals surface area contributed by atoms with Crippen LogP contribution in [0.3, 0.4) is 0 Å². The van der Waals surface area contributed by atoms with Crippen molar-refractivity contribution in [3.63, 3.8) is 0 Å². The third-order valence-electron chi connectivity index (χ3n) is 2.70. The van der Waals surface area contributed by atoms with Gasteiger partial charge in [-0.25, -0.2) is 0 Å². The highest BCUT2D eigenvalue weighted by Gasteiger charge is 2.14. The Bertz CT molecular complexity index is 352. The molecule has 2 heteroatoms. The Kier molecular flexibility index (Phi) is 2.69. The van der Waals surface area contributed by atoms with Crippen molar-refractivity contribution in [2.75, 3.05) is 18.0 Å². The first kappa shape index (κ1) is 9.08. The Hall–Kier alpha value is -1.49. The van der Waals surface area contributed by atoms with Crippen molar-refractivity contribution >= 4 is 5.69 Å². The van der Waals surface area contributed by atoms with Gasteiger partial charge in [0, 0.05) is 18.8 Å². The van der Waals surface area contributed by atoms with Crippen molar-refractivity contribution in [2.45, 2.75) is 19.3 Å².